The molecule has 0 fully saturated rings. The lowest BCUT2D eigenvalue weighted by molar-refractivity contribution is 0.0809. The lowest BCUT2D eigenvalue weighted by Crippen LogP contribution is -2.51. The first-order valence-corrected chi connectivity index (χ1v) is 13.3. The number of rotatable bonds is 5. The number of aromatic nitrogens is 1. The Hall–Kier alpha value is -3.13. The number of pyridine rings is 1. The maximum Gasteiger partial charge on any atom is 0.317 e. The first-order chi connectivity index (χ1) is 17.0. The number of ether oxygens (including phenoxy) is 1. The van der Waals surface area contributed by atoms with E-state index >= 15 is 0 Å². The van der Waals surface area contributed by atoms with Crippen molar-refractivity contribution in [3.8, 4) is 17.6 Å². The first kappa shape index (κ1) is 27.5. The largest absolute Gasteiger partial charge is 0.487 e. The normalized spacial score (nSPS) is 20.1. The van der Waals surface area contributed by atoms with E-state index in [2.05, 4.69) is 22.1 Å². The fraction of sp³-hybridized carbons (Fsp3) is 0.462. The quantitative estimate of drug-likeness (QED) is 0.593. The highest BCUT2D eigenvalue weighted by Crippen LogP contribution is 2.34. The van der Waals surface area contributed by atoms with Gasteiger partial charge in [-0.05, 0) is 57.0 Å². The molecule has 0 saturated carbocycles. The number of aliphatic hydroxyl groups excluding tert-OH is 1. The van der Waals surface area contributed by atoms with Gasteiger partial charge in [-0.2, -0.15) is 4.31 Å². The molecule has 0 bridgehead atoms. The Labute approximate surface area is 213 Å². The van der Waals surface area contributed by atoms with Crippen molar-refractivity contribution in [2.24, 2.45) is 5.92 Å². The first-order valence-electron chi connectivity index (χ1n) is 11.9. The van der Waals surface area contributed by atoms with Crippen molar-refractivity contribution < 1.29 is 23.1 Å². The number of benzene rings is 1. The summed E-state index contributed by atoms with van der Waals surface area (Å²) in [7, 11) is -2.29. The second-order valence-electron chi connectivity index (χ2n) is 9.35. The van der Waals surface area contributed by atoms with Gasteiger partial charge in [-0.3, -0.25) is 0 Å². The minimum Gasteiger partial charge on any atom is -0.487 e. The fourth-order valence-electron chi connectivity index (χ4n) is 3.80. The fourth-order valence-corrected chi connectivity index (χ4v) is 5.63. The van der Waals surface area contributed by atoms with Crippen LogP contribution < -0.4 is 10.1 Å². The van der Waals surface area contributed by atoms with Gasteiger partial charge >= 0.3 is 6.03 Å². The average molecular weight is 515 g/mol. The molecule has 36 heavy (non-hydrogen) atoms. The Morgan fingerprint density at radius 2 is 2.03 bits per heavy atom. The van der Waals surface area contributed by atoms with Crippen LogP contribution >= 0.6 is 0 Å². The Bertz CT molecular complexity index is 1220. The molecule has 1 aliphatic heterocycles. The van der Waals surface area contributed by atoms with Gasteiger partial charge in [0.15, 0.2) is 0 Å². The zero-order chi connectivity index (χ0) is 26.5. The number of sulfonamides is 1. The molecule has 0 radical (unpaired) electrons. The third-order valence-electron chi connectivity index (χ3n) is 5.88. The van der Waals surface area contributed by atoms with E-state index in [1.165, 1.54) is 15.3 Å². The molecule has 9 nitrogen and oxygen atoms in total. The number of hydrogen-bond donors (Lipinski definition) is 2. The minimum absolute atomic E-state index is 0.00243. The molecule has 2 aromatic rings. The number of nitrogens with zero attached hydrogens (tertiary/aromatic N) is 3. The molecule has 2 amide bonds. The van der Waals surface area contributed by atoms with E-state index in [9.17, 15) is 18.3 Å². The number of carbonyl (C=O) groups is 1. The standard InChI is InChI=1S/C26H34N4O5S/c1-18(2)28-26(32)29(5)16-24-19(3)15-30(20(4)17-31)36(33,34)25-12-10-21(14-23(25)35-24)9-11-22-8-6-7-13-27-22/h6-8,10,12-14,18-20,24,31H,15-17H2,1-5H3,(H,28,32)/t19-,20-,24-/m0/s1. The number of amides is 2. The molecule has 2 heterocycles. The van der Waals surface area contributed by atoms with Crippen LogP contribution in [0.2, 0.25) is 0 Å². The van der Waals surface area contributed by atoms with Crippen LogP contribution in [0.5, 0.6) is 5.75 Å². The van der Waals surface area contributed by atoms with Gasteiger partial charge < -0.3 is 20.1 Å². The Morgan fingerprint density at radius 1 is 1.28 bits per heavy atom. The summed E-state index contributed by atoms with van der Waals surface area (Å²) in [5.74, 6) is 5.86. The van der Waals surface area contributed by atoms with Crippen LogP contribution in [-0.2, 0) is 10.0 Å². The number of carbonyl (C=O) groups excluding carboxylic acids is 1. The Kier molecular flexibility index (Phi) is 8.95. The van der Waals surface area contributed by atoms with Crippen molar-refractivity contribution in [2.45, 2.75) is 50.8 Å². The van der Waals surface area contributed by atoms with Gasteiger partial charge in [0.1, 0.15) is 22.4 Å². The second kappa shape index (κ2) is 11.7. The predicted molar refractivity (Wildman–Crippen MR) is 137 cm³/mol. The molecule has 0 saturated heterocycles. The molecule has 0 unspecified atom stereocenters. The van der Waals surface area contributed by atoms with Crippen molar-refractivity contribution in [1.82, 2.24) is 19.5 Å². The van der Waals surface area contributed by atoms with Crippen LogP contribution in [-0.4, -0.2) is 78.7 Å². The summed E-state index contributed by atoms with van der Waals surface area (Å²) in [6.07, 6.45) is 1.14. The molecule has 0 aliphatic carbocycles. The lowest BCUT2D eigenvalue weighted by atomic mass is 10.0. The van der Waals surface area contributed by atoms with Gasteiger partial charge in [-0.15, -0.1) is 0 Å². The van der Waals surface area contributed by atoms with Gasteiger partial charge in [0, 0.05) is 43.4 Å². The molecule has 2 N–H and O–H groups in total. The summed E-state index contributed by atoms with van der Waals surface area (Å²) in [6.45, 7) is 7.35. The van der Waals surface area contributed by atoms with E-state index in [1.54, 1.807) is 44.4 Å². The molecule has 10 heteroatoms. The van der Waals surface area contributed by atoms with E-state index in [1.807, 2.05) is 26.8 Å². The summed E-state index contributed by atoms with van der Waals surface area (Å²) < 4.78 is 34.8. The smallest absolute Gasteiger partial charge is 0.317 e. The van der Waals surface area contributed by atoms with Gasteiger partial charge in [0.25, 0.3) is 0 Å². The van der Waals surface area contributed by atoms with Crippen LogP contribution in [0.1, 0.15) is 39.0 Å². The molecular weight excluding hydrogens is 480 g/mol. The van der Waals surface area contributed by atoms with E-state index in [-0.39, 0.29) is 48.3 Å². The van der Waals surface area contributed by atoms with E-state index in [0.717, 1.165) is 0 Å². The number of urea groups is 1. The van der Waals surface area contributed by atoms with Crippen molar-refractivity contribution in [3.05, 3.63) is 53.9 Å². The zero-order valence-corrected chi connectivity index (χ0v) is 22.1. The third-order valence-corrected chi connectivity index (χ3v) is 7.90. The Balaban J connectivity index is 2.03. The summed E-state index contributed by atoms with van der Waals surface area (Å²) in [6, 6.07) is 9.22. The van der Waals surface area contributed by atoms with Gasteiger partial charge in [-0.1, -0.05) is 18.9 Å². The number of likely N-dealkylation sites (N-methyl/N-ethyl adjacent to an activating group) is 1. The van der Waals surface area contributed by atoms with Crippen molar-refractivity contribution in [1.29, 1.82) is 0 Å². The SMILES string of the molecule is CC(C)NC(=O)N(C)C[C@@H]1Oc2cc(C#Cc3ccccn3)ccc2S(=O)(=O)N([C@@H](C)CO)C[C@@H]1C. The topological polar surface area (TPSA) is 112 Å². The van der Waals surface area contributed by atoms with Crippen LogP contribution in [0.3, 0.4) is 0 Å². The number of hydrogen-bond acceptors (Lipinski definition) is 6. The molecule has 0 spiro atoms. The van der Waals surface area contributed by atoms with Crippen molar-refractivity contribution in [2.75, 3.05) is 26.7 Å². The monoisotopic (exact) mass is 514 g/mol. The second-order valence-corrected chi connectivity index (χ2v) is 11.2. The molecule has 1 aliphatic rings. The molecule has 3 atom stereocenters. The highest BCUT2D eigenvalue weighted by Gasteiger charge is 2.38. The highest BCUT2D eigenvalue weighted by molar-refractivity contribution is 7.89. The zero-order valence-electron chi connectivity index (χ0n) is 21.3. The summed E-state index contributed by atoms with van der Waals surface area (Å²) in [4.78, 5) is 18.2. The van der Waals surface area contributed by atoms with Crippen LogP contribution in [0.15, 0.2) is 47.5 Å². The maximum absolute atomic E-state index is 13.6. The van der Waals surface area contributed by atoms with Crippen molar-refractivity contribution in [3.63, 3.8) is 0 Å². The summed E-state index contributed by atoms with van der Waals surface area (Å²) in [5, 5.41) is 12.6. The average Bonchev–Trinajstić information content (AvgIpc) is 2.84. The summed E-state index contributed by atoms with van der Waals surface area (Å²) >= 11 is 0. The molecule has 194 valence electrons. The molecule has 1 aromatic carbocycles. The maximum atomic E-state index is 13.6. The van der Waals surface area contributed by atoms with Crippen LogP contribution in [0.25, 0.3) is 0 Å². The van der Waals surface area contributed by atoms with E-state index in [0.29, 0.717) is 11.3 Å². The third kappa shape index (κ3) is 6.55. The van der Waals surface area contributed by atoms with Crippen LogP contribution in [0, 0.1) is 17.8 Å². The van der Waals surface area contributed by atoms with E-state index in [4.69, 9.17) is 4.74 Å². The van der Waals surface area contributed by atoms with Crippen molar-refractivity contribution >= 4 is 16.1 Å². The molecular formula is C26H34N4O5S. The minimum atomic E-state index is -3.96. The van der Waals surface area contributed by atoms with Crippen LogP contribution in [0.4, 0.5) is 4.79 Å². The highest BCUT2D eigenvalue weighted by atomic mass is 32.2. The lowest BCUT2D eigenvalue weighted by Gasteiger charge is -2.37. The molecule has 1 aromatic heterocycles. The number of aliphatic hydroxyl groups is 1. The van der Waals surface area contributed by atoms with E-state index < -0.39 is 22.2 Å². The summed E-state index contributed by atoms with van der Waals surface area (Å²) in [5.41, 5.74) is 1.15. The van der Waals surface area contributed by atoms with Gasteiger partial charge in [0.05, 0.1) is 13.2 Å². The number of fused-ring (bicyclic) bond motifs is 1. The Morgan fingerprint density at radius 3 is 2.67 bits per heavy atom. The van der Waals surface area contributed by atoms with Gasteiger partial charge in [0.2, 0.25) is 10.0 Å². The molecule has 3 rings (SSSR count). The predicted octanol–water partition coefficient (Wildman–Crippen LogP) is 2.30. The number of nitrogens with one attached hydrogen (secondary N) is 1. The van der Waals surface area contributed by atoms with Gasteiger partial charge in [-0.25, -0.2) is 18.2 Å².